The summed E-state index contributed by atoms with van der Waals surface area (Å²) in [5, 5.41) is 3.59. The van der Waals surface area contributed by atoms with E-state index in [-0.39, 0.29) is 5.41 Å². The second kappa shape index (κ2) is 6.00. The van der Waals surface area contributed by atoms with Gasteiger partial charge in [0.25, 0.3) is 0 Å². The standard InChI is InChI=1S/C21H25N/c1-4-14-21(16(3)22-15-5-2)19-12-8-6-10-17(19)18-11-7-9-13-20(18)21/h6-13,22H,3-5,14-15H2,1-2H3. The highest BCUT2D eigenvalue weighted by Crippen LogP contribution is 2.53. The normalized spacial score (nSPS) is 14.3. The summed E-state index contributed by atoms with van der Waals surface area (Å²) >= 11 is 0. The van der Waals surface area contributed by atoms with E-state index in [0.717, 1.165) is 31.5 Å². The number of nitrogens with one attached hydrogen (secondary N) is 1. The first-order chi connectivity index (χ1) is 10.8. The van der Waals surface area contributed by atoms with Gasteiger partial charge >= 0.3 is 0 Å². The van der Waals surface area contributed by atoms with E-state index in [4.69, 9.17) is 0 Å². The SMILES string of the molecule is C=C(NCCC)C1(CCC)c2ccccc2-c2ccccc21. The van der Waals surface area contributed by atoms with Gasteiger partial charge in [-0.3, -0.25) is 0 Å². The van der Waals surface area contributed by atoms with Gasteiger partial charge in [-0.15, -0.1) is 0 Å². The Bertz CT molecular complexity index is 638. The van der Waals surface area contributed by atoms with Crippen molar-refractivity contribution in [3.8, 4) is 11.1 Å². The molecule has 0 unspecified atom stereocenters. The Balaban J connectivity index is 2.22. The molecule has 0 radical (unpaired) electrons. The summed E-state index contributed by atoms with van der Waals surface area (Å²) in [6, 6.07) is 17.6. The van der Waals surface area contributed by atoms with E-state index < -0.39 is 0 Å². The van der Waals surface area contributed by atoms with Crippen LogP contribution in [0.3, 0.4) is 0 Å². The Morgan fingerprint density at radius 3 is 1.95 bits per heavy atom. The van der Waals surface area contributed by atoms with E-state index in [1.165, 1.54) is 22.3 Å². The number of hydrogen-bond acceptors (Lipinski definition) is 1. The molecule has 0 aliphatic heterocycles. The molecule has 1 nitrogen and oxygen atoms in total. The summed E-state index contributed by atoms with van der Waals surface area (Å²) in [5.74, 6) is 0. The highest BCUT2D eigenvalue weighted by atomic mass is 14.9. The van der Waals surface area contributed by atoms with E-state index in [0.29, 0.717) is 0 Å². The van der Waals surface area contributed by atoms with E-state index in [1.54, 1.807) is 0 Å². The molecule has 2 aromatic carbocycles. The van der Waals surface area contributed by atoms with Crippen molar-refractivity contribution in [2.45, 2.75) is 38.5 Å². The lowest BCUT2D eigenvalue weighted by molar-refractivity contribution is 0.510. The fourth-order valence-corrected chi connectivity index (χ4v) is 3.87. The third kappa shape index (κ3) is 2.08. The monoisotopic (exact) mass is 291 g/mol. The molecule has 22 heavy (non-hydrogen) atoms. The molecule has 0 fully saturated rings. The van der Waals surface area contributed by atoms with Crippen LogP contribution in [0, 0.1) is 0 Å². The molecule has 2 aromatic rings. The zero-order chi connectivity index (χ0) is 15.6. The second-order valence-corrected chi connectivity index (χ2v) is 6.15. The third-order valence-corrected chi connectivity index (χ3v) is 4.79. The molecule has 1 aliphatic carbocycles. The third-order valence-electron chi connectivity index (χ3n) is 4.79. The molecule has 1 heteroatoms. The molecule has 0 bridgehead atoms. The lowest BCUT2D eigenvalue weighted by Gasteiger charge is -2.34. The zero-order valence-corrected chi connectivity index (χ0v) is 13.7. The van der Waals surface area contributed by atoms with Gasteiger partial charge < -0.3 is 5.32 Å². The van der Waals surface area contributed by atoms with Crippen molar-refractivity contribution < 1.29 is 0 Å². The molecular weight excluding hydrogens is 266 g/mol. The van der Waals surface area contributed by atoms with Crippen LogP contribution in [-0.2, 0) is 5.41 Å². The van der Waals surface area contributed by atoms with Gasteiger partial charge in [0.05, 0.1) is 5.41 Å². The lowest BCUT2D eigenvalue weighted by atomic mass is 9.72. The zero-order valence-electron chi connectivity index (χ0n) is 13.7. The topological polar surface area (TPSA) is 12.0 Å². The first-order valence-electron chi connectivity index (χ1n) is 8.38. The first-order valence-corrected chi connectivity index (χ1v) is 8.38. The molecule has 1 N–H and O–H groups in total. The maximum absolute atomic E-state index is 4.45. The maximum Gasteiger partial charge on any atom is 0.0604 e. The summed E-state index contributed by atoms with van der Waals surface area (Å²) in [6.07, 6.45) is 3.34. The fourth-order valence-electron chi connectivity index (χ4n) is 3.87. The maximum atomic E-state index is 4.45. The summed E-state index contributed by atoms with van der Waals surface area (Å²) in [5.41, 5.74) is 6.61. The minimum absolute atomic E-state index is 0.0862. The molecule has 0 saturated carbocycles. The van der Waals surface area contributed by atoms with Gasteiger partial charge in [-0.2, -0.15) is 0 Å². The Morgan fingerprint density at radius 1 is 0.909 bits per heavy atom. The van der Waals surface area contributed by atoms with E-state index in [2.05, 4.69) is 74.3 Å². The lowest BCUT2D eigenvalue weighted by Crippen LogP contribution is -2.35. The number of fused-ring (bicyclic) bond motifs is 3. The van der Waals surface area contributed by atoms with Gasteiger partial charge in [0, 0.05) is 12.2 Å². The van der Waals surface area contributed by atoms with E-state index >= 15 is 0 Å². The second-order valence-electron chi connectivity index (χ2n) is 6.15. The Labute approximate surface area is 134 Å². The van der Waals surface area contributed by atoms with Crippen molar-refractivity contribution in [2.24, 2.45) is 0 Å². The molecule has 0 heterocycles. The minimum Gasteiger partial charge on any atom is -0.388 e. The number of allylic oxidation sites excluding steroid dienone is 1. The summed E-state index contributed by atoms with van der Waals surface area (Å²) in [6.45, 7) is 9.89. The van der Waals surface area contributed by atoms with Crippen molar-refractivity contribution in [3.63, 3.8) is 0 Å². The van der Waals surface area contributed by atoms with Crippen LogP contribution in [0.5, 0.6) is 0 Å². The minimum atomic E-state index is -0.0862. The molecule has 0 atom stereocenters. The number of hydrogen-bond donors (Lipinski definition) is 1. The van der Waals surface area contributed by atoms with Crippen LogP contribution < -0.4 is 5.32 Å². The van der Waals surface area contributed by atoms with Gasteiger partial charge in [-0.1, -0.05) is 75.4 Å². The van der Waals surface area contributed by atoms with E-state index in [1.807, 2.05) is 0 Å². The Kier molecular flexibility index (Phi) is 4.06. The molecule has 3 rings (SSSR count). The van der Waals surface area contributed by atoms with Crippen LogP contribution >= 0.6 is 0 Å². The van der Waals surface area contributed by atoms with Crippen molar-refractivity contribution >= 4 is 0 Å². The predicted octanol–water partition coefficient (Wildman–Crippen LogP) is 5.27. The van der Waals surface area contributed by atoms with Gasteiger partial charge in [-0.25, -0.2) is 0 Å². The van der Waals surface area contributed by atoms with Crippen molar-refractivity contribution in [1.82, 2.24) is 5.32 Å². The molecule has 0 spiro atoms. The van der Waals surface area contributed by atoms with Gasteiger partial charge in [-0.05, 0) is 35.1 Å². The van der Waals surface area contributed by atoms with Crippen LogP contribution in [0.2, 0.25) is 0 Å². The van der Waals surface area contributed by atoms with Gasteiger partial charge in [0.2, 0.25) is 0 Å². The number of rotatable bonds is 6. The highest BCUT2D eigenvalue weighted by Gasteiger charge is 2.44. The smallest absolute Gasteiger partial charge is 0.0604 e. The van der Waals surface area contributed by atoms with E-state index in [9.17, 15) is 0 Å². The van der Waals surface area contributed by atoms with Crippen LogP contribution in [-0.4, -0.2) is 6.54 Å². The van der Waals surface area contributed by atoms with Crippen LogP contribution in [0.4, 0.5) is 0 Å². The average molecular weight is 291 g/mol. The summed E-state index contributed by atoms with van der Waals surface area (Å²) < 4.78 is 0. The molecule has 1 aliphatic rings. The quantitative estimate of drug-likeness (QED) is 0.765. The summed E-state index contributed by atoms with van der Waals surface area (Å²) in [7, 11) is 0. The first kappa shape index (κ1) is 14.9. The Morgan fingerprint density at radius 2 is 1.45 bits per heavy atom. The Hall–Kier alpha value is -2.02. The summed E-state index contributed by atoms with van der Waals surface area (Å²) in [4.78, 5) is 0. The molecule has 114 valence electrons. The number of benzene rings is 2. The van der Waals surface area contributed by atoms with Crippen LogP contribution in [0.15, 0.2) is 60.8 Å². The predicted molar refractivity (Wildman–Crippen MR) is 95.0 cm³/mol. The highest BCUT2D eigenvalue weighted by molar-refractivity contribution is 5.82. The molecular formula is C21H25N. The van der Waals surface area contributed by atoms with Crippen LogP contribution in [0.1, 0.15) is 44.2 Å². The van der Waals surface area contributed by atoms with Crippen molar-refractivity contribution in [1.29, 1.82) is 0 Å². The van der Waals surface area contributed by atoms with Gasteiger partial charge in [0.15, 0.2) is 0 Å². The molecule has 0 saturated heterocycles. The van der Waals surface area contributed by atoms with Crippen molar-refractivity contribution in [2.75, 3.05) is 6.54 Å². The molecule has 0 amide bonds. The fraction of sp³-hybridized carbons (Fsp3) is 0.333. The van der Waals surface area contributed by atoms with Crippen LogP contribution in [0.25, 0.3) is 11.1 Å². The molecule has 0 aromatic heterocycles. The largest absolute Gasteiger partial charge is 0.388 e. The van der Waals surface area contributed by atoms with Gasteiger partial charge in [0.1, 0.15) is 0 Å². The van der Waals surface area contributed by atoms with Crippen molar-refractivity contribution in [3.05, 3.63) is 71.9 Å². The average Bonchev–Trinajstić information content (AvgIpc) is 2.85.